The first kappa shape index (κ1) is 24.2. The summed E-state index contributed by atoms with van der Waals surface area (Å²) < 4.78 is 1.52. The number of carbonyl (C=O) groups is 2. The lowest BCUT2D eigenvalue weighted by atomic mass is 10.2. The van der Waals surface area contributed by atoms with Gasteiger partial charge in [-0.15, -0.1) is 0 Å². The van der Waals surface area contributed by atoms with Gasteiger partial charge in [0, 0.05) is 13.1 Å². The molecule has 1 atom stereocenters. The van der Waals surface area contributed by atoms with Crippen LogP contribution in [0.5, 0.6) is 0 Å². The number of nitrogens with one attached hydrogen (secondary N) is 2. The third-order valence-electron chi connectivity index (χ3n) is 4.65. The zero-order valence-electron chi connectivity index (χ0n) is 17.3. The highest BCUT2D eigenvalue weighted by molar-refractivity contribution is 9.10. The first-order valence-electron chi connectivity index (χ1n) is 9.65. The number of hydrogen-bond acceptors (Lipinski definition) is 8. The Morgan fingerprint density at radius 1 is 1.24 bits per heavy atom. The lowest BCUT2D eigenvalue weighted by Gasteiger charge is -2.20. The fourth-order valence-electron chi connectivity index (χ4n) is 3.16. The zero-order valence-corrected chi connectivity index (χ0v) is 19.6. The van der Waals surface area contributed by atoms with Crippen LogP contribution in [0.1, 0.15) is 35.7 Å². The Kier molecular flexibility index (Phi) is 7.33. The van der Waals surface area contributed by atoms with Gasteiger partial charge in [0.25, 0.3) is 11.5 Å². The van der Waals surface area contributed by atoms with E-state index in [4.69, 9.17) is 28.2 Å². The summed E-state index contributed by atoms with van der Waals surface area (Å²) in [4.78, 5) is 49.2. The Morgan fingerprint density at radius 3 is 2.67 bits per heavy atom. The van der Waals surface area contributed by atoms with Gasteiger partial charge in [0.2, 0.25) is 0 Å². The normalized spacial score (nSPS) is 11.8. The van der Waals surface area contributed by atoms with Gasteiger partial charge in [-0.3, -0.25) is 14.2 Å². The number of halogens is 2. The van der Waals surface area contributed by atoms with Crippen molar-refractivity contribution in [1.29, 1.82) is 0 Å². The minimum atomic E-state index is -1.17. The van der Waals surface area contributed by atoms with Crippen LogP contribution in [-0.2, 0) is 6.54 Å². The van der Waals surface area contributed by atoms with Crippen molar-refractivity contribution in [1.82, 2.24) is 30.2 Å². The van der Waals surface area contributed by atoms with Crippen molar-refractivity contribution in [2.24, 2.45) is 0 Å². The number of fused-ring (bicyclic) bond motifs is 1. The zero-order chi connectivity index (χ0) is 24.3. The largest absolute Gasteiger partial charge is 0.465 e. The van der Waals surface area contributed by atoms with E-state index in [1.807, 2.05) is 0 Å². The van der Waals surface area contributed by atoms with Crippen LogP contribution in [0, 0.1) is 0 Å². The third kappa shape index (κ3) is 5.31. The summed E-state index contributed by atoms with van der Waals surface area (Å²) in [6.07, 6.45) is -0.864. The van der Waals surface area contributed by atoms with Crippen molar-refractivity contribution in [3.63, 3.8) is 0 Å². The molecule has 7 N–H and O–H groups in total. The summed E-state index contributed by atoms with van der Waals surface area (Å²) in [6, 6.07) is 4.12. The quantitative estimate of drug-likeness (QED) is 0.279. The van der Waals surface area contributed by atoms with Crippen molar-refractivity contribution >= 4 is 62.1 Å². The maximum Gasteiger partial charge on any atom is 0.404 e. The van der Waals surface area contributed by atoms with E-state index in [2.05, 4.69) is 41.5 Å². The van der Waals surface area contributed by atoms with Gasteiger partial charge in [-0.2, -0.15) is 0 Å². The van der Waals surface area contributed by atoms with E-state index in [0.29, 0.717) is 11.9 Å². The molecule has 1 aromatic carbocycles. The van der Waals surface area contributed by atoms with Crippen LogP contribution < -0.4 is 27.7 Å². The molecule has 3 aromatic rings. The lowest BCUT2D eigenvalue weighted by Crippen LogP contribution is -2.35. The number of rotatable bonds is 7. The molecule has 3 rings (SSSR count). The SMILES string of the molecule is CC(NC(=O)c1nc(Br)c(N)nc1N)c1nc2cccc(Cl)c2c(=O)n1CCCNC(=O)O. The Labute approximate surface area is 200 Å². The third-order valence-corrected chi connectivity index (χ3v) is 5.55. The van der Waals surface area contributed by atoms with Gasteiger partial charge in [-0.1, -0.05) is 17.7 Å². The predicted molar refractivity (Wildman–Crippen MR) is 126 cm³/mol. The first-order valence-corrected chi connectivity index (χ1v) is 10.8. The molecule has 0 bridgehead atoms. The summed E-state index contributed by atoms with van der Waals surface area (Å²) in [5, 5.41) is 14.2. The van der Waals surface area contributed by atoms with E-state index in [1.165, 1.54) is 4.57 Å². The number of anilines is 2. The van der Waals surface area contributed by atoms with Crippen LogP contribution in [0.2, 0.25) is 5.02 Å². The van der Waals surface area contributed by atoms with Crippen molar-refractivity contribution < 1.29 is 14.7 Å². The monoisotopic (exact) mass is 538 g/mol. The maximum absolute atomic E-state index is 13.2. The average Bonchev–Trinajstić information content (AvgIpc) is 2.74. The number of aromatic nitrogens is 4. The van der Waals surface area contributed by atoms with Gasteiger partial charge in [-0.25, -0.2) is 19.7 Å². The van der Waals surface area contributed by atoms with Crippen LogP contribution in [0.3, 0.4) is 0 Å². The van der Waals surface area contributed by atoms with Gasteiger partial charge in [0.05, 0.1) is 22.0 Å². The van der Waals surface area contributed by atoms with Crippen LogP contribution in [0.4, 0.5) is 16.4 Å². The van der Waals surface area contributed by atoms with Crippen molar-refractivity contribution in [2.75, 3.05) is 18.0 Å². The van der Waals surface area contributed by atoms with E-state index in [0.717, 1.165) is 0 Å². The Balaban J connectivity index is 1.98. The molecule has 2 aromatic heterocycles. The fourth-order valence-corrected chi connectivity index (χ4v) is 3.67. The Morgan fingerprint density at radius 2 is 1.97 bits per heavy atom. The van der Waals surface area contributed by atoms with Gasteiger partial charge >= 0.3 is 6.09 Å². The second kappa shape index (κ2) is 10.0. The molecule has 33 heavy (non-hydrogen) atoms. The van der Waals surface area contributed by atoms with Crippen molar-refractivity contribution in [3.05, 3.63) is 49.7 Å². The summed E-state index contributed by atoms with van der Waals surface area (Å²) in [7, 11) is 0. The number of hydrogen-bond donors (Lipinski definition) is 5. The van der Waals surface area contributed by atoms with Gasteiger partial charge in [0.1, 0.15) is 10.4 Å². The number of carbonyl (C=O) groups excluding carboxylic acids is 1. The number of nitrogens with two attached hydrogens (primary N) is 2. The number of nitrogens with zero attached hydrogens (tertiary/aromatic N) is 4. The molecule has 0 radical (unpaired) electrons. The highest BCUT2D eigenvalue weighted by Crippen LogP contribution is 2.22. The fraction of sp³-hybridized carbons (Fsp3) is 0.263. The summed E-state index contributed by atoms with van der Waals surface area (Å²) >= 11 is 9.33. The molecule has 0 fully saturated rings. The molecule has 0 saturated carbocycles. The van der Waals surface area contributed by atoms with E-state index in [9.17, 15) is 14.4 Å². The number of carboxylic acid groups (broad SMARTS) is 1. The number of benzene rings is 1. The van der Waals surface area contributed by atoms with Crippen LogP contribution in [-0.4, -0.2) is 43.2 Å². The van der Waals surface area contributed by atoms with E-state index < -0.39 is 23.6 Å². The van der Waals surface area contributed by atoms with E-state index in [1.54, 1.807) is 25.1 Å². The predicted octanol–water partition coefficient (Wildman–Crippen LogP) is 1.92. The minimum absolute atomic E-state index is 0.0361. The van der Waals surface area contributed by atoms with Crippen LogP contribution in [0.15, 0.2) is 27.6 Å². The average molecular weight is 540 g/mol. The molecular weight excluding hydrogens is 520 g/mol. The first-order chi connectivity index (χ1) is 15.6. The maximum atomic E-state index is 13.2. The molecule has 2 amide bonds. The van der Waals surface area contributed by atoms with Crippen LogP contribution >= 0.6 is 27.5 Å². The van der Waals surface area contributed by atoms with Gasteiger partial charge in [0.15, 0.2) is 17.3 Å². The molecule has 0 aliphatic rings. The van der Waals surface area contributed by atoms with Gasteiger partial charge in [-0.05, 0) is 41.4 Å². The molecular formula is C19H20BrClN8O4. The topological polar surface area (TPSA) is 191 Å². The Bertz CT molecular complexity index is 1300. The highest BCUT2D eigenvalue weighted by atomic mass is 79.9. The molecule has 14 heteroatoms. The Hall–Kier alpha value is -3.45. The molecule has 12 nitrogen and oxygen atoms in total. The molecule has 0 aliphatic carbocycles. The summed E-state index contributed by atoms with van der Waals surface area (Å²) in [5.74, 6) is -0.517. The number of amides is 2. The highest BCUT2D eigenvalue weighted by Gasteiger charge is 2.22. The molecule has 2 heterocycles. The standard InChI is InChI=1S/C19H20BrClN8O4/c1-8(25-17(30)12-14(22)28-15(23)13(20)27-12)16-26-10-5-2-4-9(21)11(10)18(31)29(16)7-3-6-24-19(32)33/h2,4-5,8,24H,3,6-7H2,1H3,(H,25,30)(H,32,33)(H4,22,23,28). The van der Waals surface area contributed by atoms with Crippen molar-refractivity contribution in [3.8, 4) is 0 Å². The summed E-state index contributed by atoms with van der Waals surface area (Å²) in [6.45, 7) is 1.89. The summed E-state index contributed by atoms with van der Waals surface area (Å²) in [5.41, 5.74) is 11.2. The molecule has 0 aliphatic heterocycles. The second-order valence-electron chi connectivity index (χ2n) is 6.97. The minimum Gasteiger partial charge on any atom is -0.465 e. The van der Waals surface area contributed by atoms with Gasteiger partial charge < -0.3 is 27.2 Å². The van der Waals surface area contributed by atoms with E-state index >= 15 is 0 Å². The molecule has 0 spiro atoms. The van der Waals surface area contributed by atoms with Crippen molar-refractivity contribution in [2.45, 2.75) is 25.9 Å². The van der Waals surface area contributed by atoms with E-state index in [-0.39, 0.29) is 51.3 Å². The molecule has 0 saturated heterocycles. The molecule has 1 unspecified atom stereocenters. The smallest absolute Gasteiger partial charge is 0.404 e. The number of nitrogen functional groups attached to an aromatic ring is 2. The lowest BCUT2D eigenvalue weighted by molar-refractivity contribution is 0.0932. The molecule has 174 valence electrons. The van der Waals surface area contributed by atoms with Crippen LogP contribution in [0.25, 0.3) is 10.9 Å². The second-order valence-corrected chi connectivity index (χ2v) is 8.13.